The zero-order valence-corrected chi connectivity index (χ0v) is 6.63. The van der Waals surface area contributed by atoms with Crippen molar-refractivity contribution in [3.05, 3.63) is 30.0 Å². The van der Waals surface area contributed by atoms with Crippen molar-refractivity contribution in [3.63, 3.8) is 0 Å². The van der Waals surface area contributed by atoms with Gasteiger partial charge >= 0.3 is 0 Å². The van der Waals surface area contributed by atoms with E-state index in [0.717, 1.165) is 16.5 Å². The Kier molecular flexibility index (Phi) is 1.22. The van der Waals surface area contributed by atoms with E-state index in [2.05, 4.69) is 11.2 Å². The molecular weight excluding hydrogens is 136 g/mol. The molecule has 2 rings (SSSR count). The number of nitrogens with zero attached hydrogens (tertiary/aromatic N) is 2. The molecule has 0 spiro atoms. The van der Waals surface area contributed by atoms with Gasteiger partial charge in [-0.25, -0.2) is 0 Å². The molecule has 2 heteroatoms. The minimum atomic E-state index is 1.05. The maximum absolute atomic E-state index is 4.27. The standard InChI is InChI=1S/C9H9N2/c1-7-3-4-8-6-11(2)10-9(8)5-7/h4-6H,1-2H3. The van der Waals surface area contributed by atoms with Crippen LogP contribution in [-0.2, 0) is 7.05 Å². The number of aryl methyl sites for hydroxylation is 2. The second kappa shape index (κ2) is 2.09. The summed E-state index contributed by atoms with van der Waals surface area (Å²) in [6.07, 6.45) is 1.99. The van der Waals surface area contributed by atoms with Gasteiger partial charge in [0.25, 0.3) is 0 Å². The Morgan fingerprint density at radius 2 is 2.36 bits per heavy atom. The van der Waals surface area contributed by atoms with E-state index in [0.29, 0.717) is 0 Å². The van der Waals surface area contributed by atoms with E-state index in [-0.39, 0.29) is 0 Å². The third-order valence-electron chi connectivity index (χ3n) is 1.70. The summed E-state index contributed by atoms with van der Waals surface area (Å²) in [7, 11) is 1.93. The number of aromatic nitrogens is 2. The summed E-state index contributed by atoms with van der Waals surface area (Å²) in [6, 6.07) is 7.14. The van der Waals surface area contributed by atoms with Crippen LogP contribution in [-0.4, -0.2) is 9.78 Å². The van der Waals surface area contributed by atoms with Gasteiger partial charge in [-0.3, -0.25) is 4.68 Å². The number of hydrogen-bond acceptors (Lipinski definition) is 1. The second-order valence-electron chi connectivity index (χ2n) is 2.76. The predicted octanol–water partition coefficient (Wildman–Crippen LogP) is 1.68. The first-order valence-corrected chi connectivity index (χ1v) is 3.57. The number of rotatable bonds is 0. The highest BCUT2D eigenvalue weighted by atomic mass is 15.2. The van der Waals surface area contributed by atoms with Crippen molar-refractivity contribution >= 4 is 10.9 Å². The maximum atomic E-state index is 4.27. The fourth-order valence-corrected chi connectivity index (χ4v) is 1.19. The lowest BCUT2D eigenvalue weighted by Gasteiger charge is -1.87. The van der Waals surface area contributed by atoms with E-state index in [1.165, 1.54) is 0 Å². The molecule has 0 atom stereocenters. The summed E-state index contributed by atoms with van der Waals surface area (Å²) >= 11 is 0. The molecule has 0 aliphatic heterocycles. The molecule has 0 fully saturated rings. The smallest absolute Gasteiger partial charge is 0.0926 e. The largest absolute Gasteiger partial charge is 0.275 e. The van der Waals surface area contributed by atoms with Gasteiger partial charge in [0.15, 0.2) is 0 Å². The highest BCUT2D eigenvalue weighted by Crippen LogP contribution is 2.11. The Hall–Kier alpha value is -1.31. The molecule has 0 N–H and O–H groups in total. The molecule has 55 valence electrons. The Balaban J connectivity index is 2.82. The van der Waals surface area contributed by atoms with E-state index >= 15 is 0 Å². The van der Waals surface area contributed by atoms with Crippen molar-refractivity contribution in [1.82, 2.24) is 9.78 Å². The molecule has 0 unspecified atom stereocenters. The first-order valence-electron chi connectivity index (χ1n) is 3.57. The SMILES string of the molecule is Cc1[c]cc2cn(C)nc2c1. The summed E-state index contributed by atoms with van der Waals surface area (Å²) in [5.41, 5.74) is 2.18. The lowest BCUT2D eigenvalue weighted by atomic mass is 10.2. The number of benzene rings is 1. The normalized spacial score (nSPS) is 10.7. The summed E-state index contributed by atoms with van der Waals surface area (Å²) < 4.78 is 1.82. The fraction of sp³-hybridized carbons (Fsp3) is 0.222. The Bertz CT molecular complexity index is 387. The van der Waals surface area contributed by atoms with Crippen LogP contribution < -0.4 is 0 Å². The van der Waals surface area contributed by atoms with Gasteiger partial charge in [-0.15, -0.1) is 0 Å². The van der Waals surface area contributed by atoms with Crippen LogP contribution in [0.5, 0.6) is 0 Å². The first-order chi connectivity index (χ1) is 5.25. The highest BCUT2D eigenvalue weighted by molar-refractivity contribution is 5.78. The van der Waals surface area contributed by atoms with Gasteiger partial charge in [0, 0.05) is 18.6 Å². The monoisotopic (exact) mass is 145 g/mol. The average molecular weight is 145 g/mol. The van der Waals surface area contributed by atoms with Crippen LogP contribution in [0.15, 0.2) is 18.3 Å². The third-order valence-corrected chi connectivity index (χ3v) is 1.70. The van der Waals surface area contributed by atoms with Crippen molar-refractivity contribution in [2.45, 2.75) is 6.92 Å². The molecule has 0 aliphatic rings. The fourth-order valence-electron chi connectivity index (χ4n) is 1.19. The van der Waals surface area contributed by atoms with Gasteiger partial charge in [-0.05, 0) is 30.7 Å². The van der Waals surface area contributed by atoms with Crippen molar-refractivity contribution in [2.24, 2.45) is 7.05 Å². The number of hydrogen-bond donors (Lipinski definition) is 0. The zero-order valence-electron chi connectivity index (χ0n) is 6.63. The predicted molar refractivity (Wildman–Crippen MR) is 44.3 cm³/mol. The molecule has 11 heavy (non-hydrogen) atoms. The molecule has 1 aromatic heterocycles. The van der Waals surface area contributed by atoms with Crippen LogP contribution in [0.25, 0.3) is 10.9 Å². The van der Waals surface area contributed by atoms with Crippen LogP contribution in [0.2, 0.25) is 0 Å². The van der Waals surface area contributed by atoms with Crippen molar-refractivity contribution in [2.75, 3.05) is 0 Å². The van der Waals surface area contributed by atoms with Gasteiger partial charge in [0.1, 0.15) is 0 Å². The van der Waals surface area contributed by atoms with Gasteiger partial charge < -0.3 is 0 Å². The minimum Gasteiger partial charge on any atom is -0.275 e. The highest BCUT2D eigenvalue weighted by Gasteiger charge is 1.96. The first kappa shape index (κ1) is 6.40. The lowest BCUT2D eigenvalue weighted by Crippen LogP contribution is -1.84. The van der Waals surface area contributed by atoms with Gasteiger partial charge in [-0.1, -0.05) is 0 Å². The molecule has 1 aromatic carbocycles. The van der Waals surface area contributed by atoms with Gasteiger partial charge in [0.05, 0.1) is 5.52 Å². The topological polar surface area (TPSA) is 17.8 Å². The molecule has 0 saturated heterocycles. The molecular formula is C9H9N2. The summed E-state index contributed by atoms with van der Waals surface area (Å²) in [4.78, 5) is 0. The zero-order chi connectivity index (χ0) is 7.84. The van der Waals surface area contributed by atoms with Crippen molar-refractivity contribution < 1.29 is 0 Å². The Morgan fingerprint density at radius 1 is 1.55 bits per heavy atom. The van der Waals surface area contributed by atoms with Crippen molar-refractivity contribution in [1.29, 1.82) is 0 Å². The van der Waals surface area contributed by atoms with E-state index < -0.39 is 0 Å². The second-order valence-corrected chi connectivity index (χ2v) is 2.76. The van der Waals surface area contributed by atoms with Crippen LogP contribution in [0.3, 0.4) is 0 Å². The minimum absolute atomic E-state index is 1.05. The van der Waals surface area contributed by atoms with E-state index in [9.17, 15) is 0 Å². The van der Waals surface area contributed by atoms with Gasteiger partial charge in [-0.2, -0.15) is 5.10 Å². The van der Waals surface area contributed by atoms with E-state index in [1.54, 1.807) is 0 Å². The van der Waals surface area contributed by atoms with E-state index in [4.69, 9.17) is 0 Å². The summed E-state index contributed by atoms with van der Waals surface area (Å²) in [5.74, 6) is 0. The average Bonchev–Trinajstić information content (AvgIpc) is 2.27. The molecule has 2 nitrogen and oxygen atoms in total. The molecule has 0 saturated carbocycles. The Morgan fingerprint density at radius 3 is 3.18 bits per heavy atom. The molecule has 2 aromatic rings. The van der Waals surface area contributed by atoms with Crippen LogP contribution >= 0.6 is 0 Å². The maximum Gasteiger partial charge on any atom is 0.0926 e. The van der Waals surface area contributed by atoms with Crippen molar-refractivity contribution in [3.8, 4) is 0 Å². The number of fused-ring (bicyclic) bond motifs is 1. The third kappa shape index (κ3) is 1.00. The van der Waals surface area contributed by atoms with Gasteiger partial charge in [0.2, 0.25) is 0 Å². The van der Waals surface area contributed by atoms with E-state index in [1.807, 2.05) is 37.0 Å². The Labute approximate surface area is 65.5 Å². The van der Waals surface area contributed by atoms with Crippen LogP contribution in [0, 0.1) is 13.0 Å². The van der Waals surface area contributed by atoms with Crippen LogP contribution in [0.4, 0.5) is 0 Å². The summed E-state index contributed by atoms with van der Waals surface area (Å²) in [5, 5.41) is 5.42. The quantitative estimate of drug-likeness (QED) is 0.551. The molecule has 0 bridgehead atoms. The molecule has 1 radical (unpaired) electrons. The molecule has 0 aliphatic carbocycles. The lowest BCUT2D eigenvalue weighted by molar-refractivity contribution is 0.779. The molecule has 1 heterocycles. The summed E-state index contributed by atoms with van der Waals surface area (Å²) in [6.45, 7) is 2.02. The molecule has 0 amide bonds. The van der Waals surface area contributed by atoms with Crippen LogP contribution in [0.1, 0.15) is 5.56 Å².